The summed E-state index contributed by atoms with van der Waals surface area (Å²) in [5.74, 6) is 0.101. The fourth-order valence-electron chi connectivity index (χ4n) is 1.57. The van der Waals surface area contributed by atoms with E-state index in [0.717, 1.165) is 0 Å². The van der Waals surface area contributed by atoms with Crippen molar-refractivity contribution in [3.63, 3.8) is 0 Å². The number of anilines is 1. The van der Waals surface area contributed by atoms with Crippen LogP contribution in [0.3, 0.4) is 0 Å². The molecule has 6 nitrogen and oxygen atoms in total. The number of nitrogens with zero attached hydrogens (tertiary/aromatic N) is 4. The molecular formula is C11H14FN5O. The first-order valence-corrected chi connectivity index (χ1v) is 5.44. The van der Waals surface area contributed by atoms with Gasteiger partial charge >= 0.3 is 0 Å². The van der Waals surface area contributed by atoms with E-state index in [0.29, 0.717) is 35.8 Å². The predicted molar refractivity (Wildman–Crippen MR) is 64.2 cm³/mol. The van der Waals surface area contributed by atoms with Gasteiger partial charge in [-0.3, -0.25) is 0 Å². The number of benzene rings is 1. The zero-order valence-corrected chi connectivity index (χ0v) is 10.2. The van der Waals surface area contributed by atoms with Crippen molar-refractivity contribution in [2.75, 3.05) is 19.5 Å². The third kappa shape index (κ3) is 2.30. The first-order valence-electron chi connectivity index (χ1n) is 5.44. The van der Waals surface area contributed by atoms with E-state index in [4.69, 9.17) is 10.5 Å². The first kappa shape index (κ1) is 12.4. The lowest BCUT2D eigenvalue weighted by molar-refractivity contribution is 0.183. The average molecular weight is 251 g/mol. The molecule has 0 aliphatic heterocycles. The number of nitrogen functional groups attached to an aromatic ring is 1. The molecule has 1 aromatic heterocycles. The molecule has 0 atom stereocenters. The highest BCUT2D eigenvalue weighted by Crippen LogP contribution is 2.24. The van der Waals surface area contributed by atoms with Crippen LogP contribution in [0.4, 0.5) is 10.1 Å². The lowest BCUT2D eigenvalue weighted by Gasteiger charge is -2.07. The van der Waals surface area contributed by atoms with E-state index in [2.05, 4.69) is 15.5 Å². The van der Waals surface area contributed by atoms with Gasteiger partial charge in [-0.1, -0.05) is 0 Å². The minimum Gasteiger partial charge on any atom is -0.398 e. The van der Waals surface area contributed by atoms with Gasteiger partial charge < -0.3 is 10.5 Å². The van der Waals surface area contributed by atoms with E-state index in [-0.39, 0.29) is 5.82 Å². The Morgan fingerprint density at radius 3 is 2.89 bits per heavy atom. The summed E-state index contributed by atoms with van der Waals surface area (Å²) < 4.78 is 20.1. The van der Waals surface area contributed by atoms with Gasteiger partial charge in [0.25, 0.3) is 0 Å². The van der Waals surface area contributed by atoms with Crippen LogP contribution >= 0.6 is 0 Å². The van der Waals surface area contributed by atoms with Crippen LogP contribution in [0.15, 0.2) is 12.1 Å². The van der Waals surface area contributed by atoms with Crippen LogP contribution in [0.2, 0.25) is 0 Å². The molecule has 0 saturated carbocycles. The number of hydrogen-bond acceptors (Lipinski definition) is 5. The molecule has 0 amide bonds. The van der Waals surface area contributed by atoms with Gasteiger partial charge in [0.15, 0.2) is 5.82 Å². The van der Waals surface area contributed by atoms with Crippen LogP contribution < -0.4 is 5.73 Å². The monoisotopic (exact) mass is 251 g/mol. The molecular weight excluding hydrogens is 237 g/mol. The molecule has 1 heterocycles. The summed E-state index contributed by atoms with van der Waals surface area (Å²) in [7, 11) is 1.59. The Morgan fingerprint density at radius 2 is 2.22 bits per heavy atom. The summed E-state index contributed by atoms with van der Waals surface area (Å²) in [5.41, 5.74) is 7.09. The fourth-order valence-corrected chi connectivity index (χ4v) is 1.57. The maximum absolute atomic E-state index is 13.6. The number of aromatic nitrogens is 4. The third-order valence-electron chi connectivity index (χ3n) is 2.68. The molecule has 96 valence electrons. The van der Waals surface area contributed by atoms with E-state index in [1.54, 1.807) is 24.8 Å². The Balaban J connectivity index is 2.40. The minimum atomic E-state index is -0.369. The Morgan fingerprint density at radius 1 is 1.44 bits per heavy atom. The SMILES string of the molecule is COCCn1nnnc1-c1cc(N)c(C)c(F)c1. The Hall–Kier alpha value is -2.02. The van der Waals surface area contributed by atoms with E-state index in [1.165, 1.54) is 6.07 Å². The van der Waals surface area contributed by atoms with Crippen LogP contribution in [-0.2, 0) is 11.3 Å². The summed E-state index contributed by atoms with van der Waals surface area (Å²) >= 11 is 0. The van der Waals surface area contributed by atoms with Gasteiger partial charge in [-0.25, -0.2) is 9.07 Å². The first-order chi connectivity index (χ1) is 8.63. The number of methoxy groups -OCH3 is 1. The molecule has 0 aliphatic carbocycles. The standard InChI is InChI=1S/C11H14FN5O/c1-7-9(12)5-8(6-10(7)13)11-14-15-16-17(11)3-4-18-2/h5-6H,3-4,13H2,1-2H3. The lowest BCUT2D eigenvalue weighted by atomic mass is 10.1. The zero-order valence-electron chi connectivity index (χ0n) is 10.2. The number of tetrazole rings is 1. The summed E-state index contributed by atoms with van der Waals surface area (Å²) in [6, 6.07) is 3.04. The second-order valence-electron chi connectivity index (χ2n) is 3.89. The highest BCUT2D eigenvalue weighted by atomic mass is 19.1. The molecule has 2 N–H and O–H groups in total. The van der Waals surface area contributed by atoms with E-state index in [9.17, 15) is 4.39 Å². The molecule has 0 aliphatic rings. The summed E-state index contributed by atoms with van der Waals surface area (Å²) in [4.78, 5) is 0. The number of rotatable bonds is 4. The second-order valence-corrected chi connectivity index (χ2v) is 3.89. The number of halogens is 1. The van der Waals surface area contributed by atoms with Gasteiger partial charge in [-0.2, -0.15) is 0 Å². The molecule has 18 heavy (non-hydrogen) atoms. The van der Waals surface area contributed by atoms with Crippen molar-refractivity contribution in [3.05, 3.63) is 23.5 Å². The maximum Gasteiger partial charge on any atom is 0.182 e. The van der Waals surface area contributed by atoms with Crippen molar-refractivity contribution < 1.29 is 9.13 Å². The predicted octanol–water partition coefficient (Wildman–Crippen LogP) is 1.02. The molecule has 0 bridgehead atoms. The van der Waals surface area contributed by atoms with Crippen LogP contribution in [0.1, 0.15) is 5.56 Å². The Labute approximate surface area is 104 Å². The lowest BCUT2D eigenvalue weighted by Crippen LogP contribution is -2.08. The molecule has 1 aromatic carbocycles. The van der Waals surface area contributed by atoms with Gasteiger partial charge in [0.2, 0.25) is 0 Å². The summed E-state index contributed by atoms with van der Waals surface area (Å²) in [6.45, 7) is 2.60. The average Bonchev–Trinajstić information content (AvgIpc) is 2.81. The number of nitrogens with two attached hydrogens (primary N) is 1. The van der Waals surface area contributed by atoms with Crippen molar-refractivity contribution in [2.45, 2.75) is 13.5 Å². The third-order valence-corrected chi connectivity index (χ3v) is 2.68. The molecule has 2 aromatic rings. The van der Waals surface area contributed by atoms with Crippen molar-refractivity contribution in [1.82, 2.24) is 20.2 Å². The number of ether oxygens (including phenoxy) is 1. The highest BCUT2D eigenvalue weighted by molar-refractivity contribution is 5.63. The van der Waals surface area contributed by atoms with Gasteiger partial charge in [-0.15, -0.1) is 5.10 Å². The molecule has 0 fully saturated rings. The van der Waals surface area contributed by atoms with Gasteiger partial charge in [0.05, 0.1) is 13.2 Å². The van der Waals surface area contributed by atoms with Gasteiger partial charge in [-0.05, 0) is 29.5 Å². The van der Waals surface area contributed by atoms with Crippen molar-refractivity contribution in [1.29, 1.82) is 0 Å². The van der Waals surface area contributed by atoms with Crippen LogP contribution in [0, 0.1) is 12.7 Å². The quantitative estimate of drug-likeness (QED) is 0.820. The summed E-state index contributed by atoms with van der Waals surface area (Å²) in [6.07, 6.45) is 0. The van der Waals surface area contributed by atoms with Crippen molar-refractivity contribution >= 4 is 5.69 Å². The van der Waals surface area contributed by atoms with E-state index in [1.807, 2.05) is 0 Å². The van der Waals surface area contributed by atoms with Crippen LogP contribution in [0.25, 0.3) is 11.4 Å². The smallest absolute Gasteiger partial charge is 0.182 e. The van der Waals surface area contributed by atoms with Crippen LogP contribution in [-0.4, -0.2) is 33.9 Å². The zero-order chi connectivity index (χ0) is 13.1. The second kappa shape index (κ2) is 5.09. The molecule has 2 rings (SSSR count). The molecule has 7 heteroatoms. The van der Waals surface area contributed by atoms with Crippen molar-refractivity contribution in [3.8, 4) is 11.4 Å². The van der Waals surface area contributed by atoms with Crippen molar-refractivity contribution in [2.24, 2.45) is 0 Å². The fraction of sp³-hybridized carbons (Fsp3) is 0.364. The summed E-state index contributed by atoms with van der Waals surface area (Å²) in [5, 5.41) is 11.3. The van der Waals surface area contributed by atoms with E-state index < -0.39 is 0 Å². The largest absolute Gasteiger partial charge is 0.398 e. The van der Waals surface area contributed by atoms with Gasteiger partial charge in [0.1, 0.15) is 5.82 Å². The van der Waals surface area contributed by atoms with Gasteiger partial charge in [0, 0.05) is 23.9 Å². The normalized spacial score (nSPS) is 10.8. The molecule has 0 spiro atoms. The Bertz CT molecular complexity index is 531. The maximum atomic E-state index is 13.6. The highest BCUT2D eigenvalue weighted by Gasteiger charge is 2.12. The Kier molecular flexibility index (Phi) is 3.52. The minimum absolute atomic E-state index is 0.369. The topological polar surface area (TPSA) is 78.8 Å². The molecule has 0 saturated heterocycles. The van der Waals surface area contributed by atoms with Crippen LogP contribution in [0.5, 0.6) is 0 Å². The molecule has 0 unspecified atom stereocenters. The molecule has 0 radical (unpaired) electrons. The number of hydrogen-bond donors (Lipinski definition) is 1. The van der Waals surface area contributed by atoms with E-state index >= 15 is 0 Å².